The molecular weight excluding hydrogens is 298 g/mol. The molecule has 1 aromatic rings. The molecule has 0 fully saturated rings. The van der Waals surface area contributed by atoms with Gasteiger partial charge in [0.2, 0.25) is 0 Å². The van der Waals surface area contributed by atoms with Crippen LogP contribution in [0.2, 0.25) is 5.02 Å². The molecule has 0 unspecified atom stereocenters. The van der Waals surface area contributed by atoms with E-state index in [4.69, 9.17) is 28.6 Å². The molecule has 0 saturated carbocycles. The van der Waals surface area contributed by atoms with E-state index in [-0.39, 0.29) is 0 Å². The van der Waals surface area contributed by atoms with Crippen molar-refractivity contribution in [2.45, 2.75) is 26.5 Å². The molecule has 0 aliphatic heterocycles. The van der Waals surface area contributed by atoms with Gasteiger partial charge in [0.1, 0.15) is 10.1 Å². The van der Waals surface area contributed by atoms with Crippen LogP contribution >= 0.6 is 35.6 Å². The second-order valence-corrected chi connectivity index (χ2v) is 5.94. The summed E-state index contributed by atoms with van der Waals surface area (Å²) in [6.45, 7) is 8.70. The van der Waals surface area contributed by atoms with Crippen molar-refractivity contribution in [3.05, 3.63) is 28.8 Å². The van der Waals surface area contributed by atoms with Gasteiger partial charge >= 0.3 is 0 Å². The Kier molecular flexibility index (Phi) is 7.57. The summed E-state index contributed by atoms with van der Waals surface area (Å²) < 4.78 is 6.36. The Hall–Kier alpha value is -0.450. The number of halogens is 1. The van der Waals surface area contributed by atoms with E-state index in [9.17, 15) is 0 Å². The molecule has 0 heterocycles. The maximum atomic E-state index is 6.16. The van der Waals surface area contributed by atoms with E-state index in [1.807, 2.05) is 25.1 Å². The Bertz CT molecular complexity index is 422. The van der Waals surface area contributed by atoms with Crippen LogP contribution in [0.4, 0.5) is 0 Å². The lowest BCUT2D eigenvalue weighted by molar-refractivity contribution is 0.340. The molecule has 0 atom stereocenters. The van der Waals surface area contributed by atoms with Gasteiger partial charge in [0.05, 0.1) is 11.6 Å². The fourth-order valence-electron chi connectivity index (χ4n) is 1.62. The average molecular weight is 318 g/mol. The highest BCUT2D eigenvalue weighted by Crippen LogP contribution is 2.27. The van der Waals surface area contributed by atoms with Gasteiger partial charge in [0.15, 0.2) is 0 Å². The number of thioether (sulfide) groups is 1. The van der Waals surface area contributed by atoms with Crippen LogP contribution in [0.3, 0.4) is 0 Å². The maximum absolute atomic E-state index is 6.16. The van der Waals surface area contributed by atoms with Gasteiger partial charge in [0.25, 0.3) is 0 Å². The fraction of sp³-hybridized carbons (Fsp3) is 0.500. The third kappa shape index (κ3) is 5.21. The van der Waals surface area contributed by atoms with E-state index < -0.39 is 0 Å². The molecule has 1 rings (SSSR count). The summed E-state index contributed by atoms with van der Waals surface area (Å²) in [6.07, 6.45) is 0. The van der Waals surface area contributed by atoms with Gasteiger partial charge in [-0.3, -0.25) is 0 Å². The minimum atomic E-state index is 0.625. The molecule has 5 heteroatoms. The largest absolute Gasteiger partial charge is 0.492 e. The molecule has 0 aliphatic carbocycles. The monoisotopic (exact) mass is 317 g/mol. The van der Waals surface area contributed by atoms with Crippen molar-refractivity contribution in [3.8, 4) is 5.75 Å². The minimum Gasteiger partial charge on any atom is -0.492 e. The van der Waals surface area contributed by atoms with E-state index in [1.54, 1.807) is 11.8 Å². The Morgan fingerprint density at radius 1 is 1.32 bits per heavy atom. The van der Waals surface area contributed by atoms with Crippen LogP contribution in [0.15, 0.2) is 18.2 Å². The van der Waals surface area contributed by atoms with Gasteiger partial charge in [-0.25, -0.2) is 0 Å². The Morgan fingerprint density at radius 2 is 2.00 bits per heavy atom. The van der Waals surface area contributed by atoms with Crippen LogP contribution in [-0.4, -0.2) is 28.9 Å². The SMILES string of the molecule is CCOc1ccc(CSC(=S)N(CC)CC)cc1Cl. The van der Waals surface area contributed by atoms with Crippen molar-refractivity contribution in [2.24, 2.45) is 0 Å². The summed E-state index contributed by atoms with van der Waals surface area (Å²) in [4.78, 5) is 2.18. The standard InChI is InChI=1S/C14H20ClNOS2/c1-4-16(5-2)14(18)19-10-11-7-8-13(17-6-3)12(15)9-11/h7-9H,4-6,10H2,1-3H3. The van der Waals surface area contributed by atoms with Gasteiger partial charge in [-0.1, -0.05) is 41.6 Å². The zero-order valence-corrected chi connectivity index (χ0v) is 14.0. The topological polar surface area (TPSA) is 12.5 Å². The van der Waals surface area contributed by atoms with E-state index in [2.05, 4.69) is 18.7 Å². The van der Waals surface area contributed by atoms with Crippen LogP contribution in [-0.2, 0) is 5.75 Å². The second kappa shape index (κ2) is 8.67. The van der Waals surface area contributed by atoms with E-state index in [1.165, 1.54) is 0 Å². The number of nitrogens with zero attached hydrogens (tertiary/aromatic N) is 1. The summed E-state index contributed by atoms with van der Waals surface area (Å²) in [5.74, 6) is 1.57. The molecule has 106 valence electrons. The molecule has 1 aromatic carbocycles. The van der Waals surface area contributed by atoms with E-state index in [0.717, 1.165) is 34.5 Å². The maximum Gasteiger partial charge on any atom is 0.137 e. The first-order chi connectivity index (χ1) is 9.12. The van der Waals surface area contributed by atoms with Crippen LogP contribution < -0.4 is 4.74 Å². The normalized spacial score (nSPS) is 10.3. The number of ether oxygens (including phenoxy) is 1. The second-order valence-electron chi connectivity index (χ2n) is 3.92. The molecule has 0 amide bonds. The zero-order chi connectivity index (χ0) is 14.3. The summed E-state index contributed by atoms with van der Waals surface area (Å²) in [5, 5.41) is 0.661. The highest BCUT2D eigenvalue weighted by molar-refractivity contribution is 8.22. The molecule has 2 nitrogen and oxygen atoms in total. The first kappa shape index (κ1) is 16.6. The predicted molar refractivity (Wildman–Crippen MR) is 89.4 cm³/mol. The van der Waals surface area contributed by atoms with Crippen LogP contribution in [0, 0.1) is 0 Å². The van der Waals surface area contributed by atoms with Crippen molar-refractivity contribution >= 4 is 39.9 Å². The number of hydrogen-bond donors (Lipinski definition) is 0. The van der Waals surface area contributed by atoms with Gasteiger partial charge in [-0.05, 0) is 38.5 Å². The lowest BCUT2D eigenvalue weighted by atomic mass is 10.2. The van der Waals surface area contributed by atoms with Gasteiger partial charge < -0.3 is 9.64 Å². The number of rotatable bonds is 6. The number of thiocarbonyl (C=S) groups is 1. The van der Waals surface area contributed by atoms with E-state index >= 15 is 0 Å². The van der Waals surface area contributed by atoms with E-state index in [0.29, 0.717) is 11.6 Å². The highest BCUT2D eigenvalue weighted by Gasteiger charge is 2.07. The summed E-state index contributed by atoms with van der Waals surface area (Å²) in [7, 11) is 0. The fourth-order valence-corrected chi connectivity index (χ4v) is 3.23. The van der Waals surface area contributed by atoms with Crippen LogP contribution in [0.25, 0.3) is 0 Å². The molecule has 19 heavy (non-hydrogen) atoms. The molecular formula is C14H20ClNOS2. The average Bonchev–Trinajstić information content (AvgIpc) is 2.41. The summed E-state index contributed by atoms with van der Waals surface area (Å²) in [5.41, 5.74) is 1.16. The quantitative estimate of drug-likeness (QED) is 0.711. The highest BCUT2D eigenvalue weighted by atomic mass is 35.5. The van der Waals surface area contributed by atoms with Crippen molar-refractivity contribution in [1.82, 2.24) is 4.90 Å². The van der Waals surface area contributed by atoms with Gasteiger partial charge in [-0.15, -0.1) is 0 Å². The molecule has 0 bridgehead atoms. The molecule has 0 spiro atoms. The third-order valence-electron chi connectivity index (χ3n) is 2.68. The summed E-state index contributed by atoms with van der Waals surface area (Å²) in [6, 6.07) is 5.90. The van der Waals surface area contributed by atoms with Crippen LogP contribution in [0.1, 0.15) is 26.3 Å². The van der Waals surface area contributed by atoms with Gasteiger partial charge in [0, 0.05) is 18.8 Å². The van der Waals surface area contributed by atoms with Crippen molar-refractivity contribution in [1.29, 1.82) is 0 Å². The van der Waals surface area contributed by atoms with Crippen molar-refractivity contribution in [3.63, 3.8) is 0 Å². The number of benzene rings is 1. The summed E-state index contributed by atoms with van der Waals surface area (Å²) >= 11 is 13.2. The minimum absolute atomic E-state index is 0.625. The van der Waals surface area contributed by atoms with Gasteiger partial charge in [-0.2, -0.15) is 0 Å². The van der Waals surface area contributed by atoms with Crippen LogP contribution in [0.5, 0.6) is 5.75 Å². The Morgan fingerprint density at radius 3 is 2.53 bits per heavy atom. The first-order valence-corrected chi connectivity index (χ1v) is 8.22. The Labute approximate surface area is 130 Å². The third-order valence-corrected chi connectivity index (χ3v) is 4.57. The molecule has 0 radical (unpaired) electrons. The predicted octanol–water partition coefficient (Wildman–Crippen LogP) is 4.60. The lowest BCUT2D eigenvalue weighted by Crippen LogP contribution is -2.26. The molecule has 0 aromatic heterocycles. The first-order valence-electron chi connectivity index (χ1n) is 6.45. The van der Waals surface area contributed by atoms with Crippen molar-refractivity contribution in [2.75, 3.05) is 19.7 Å². The van der Waals surface area contributed by atoms with Crippen molar-refractivity contribution < 1.29 is 4.74 Å². The molecule has 0 saturated heterocycles. The molecule has 0 N–H and O–H groups in total. The lowest BCUT2D eigenvalue weighted by Gasteiger charge is -2.20. The molecule has 0 aliphatic rings. The smallest absolute Gasteiger partial charge is 0.137 e. The Balaban J connectivity index is 2.58. The number of hydrogen-bond acceptors (Lipinski definition) is 3. The zero-order valence-electron chi connectivity index (χ0n) is 11.6.